The van der Waals surface area contributed by atoms with E-state index in [9.17, 15) is 14.9 Å². The van der Waals surface area contributed by atoms with Crippen molar-refractivity contribution in [2.75, 3.05) is 5.32 Å². The molecule has 2 aromatic heterocycles. The highest BCUT2D eigenvalue weighted by Crippen LogP contribution is 2.38. The maximum absolute atomic E-state index is 12.3. The summed E-state index contributed by atoms with van der Waals surface area (Å²) >= 11 is 5.68. The highest BCUT2D eigenvalue weighted by Gasteiger charge is 2.30. The van der Waals surface area contributed by atoms with Gasteiger partial charge in [-0.05, 0) is 25.0 Å². The van der Waals surface area contributed by atoms with Gasteiger partial charge in [0.15, 0.2) is 0 Å². The number of anilines is 1. The van der Waals surface area contributed by atoms with Gasteiger partial charge < -0.3 is 9.88 Å². The van der Waals surface area contributed by atoms with Crippen LogP contribution >= 0.6 is 11.6 Å². The van der Waals surface area contributed by atoms with E-state index in [4.69, 9.17) is 11.6 Å². The fourth-order valence-corrected chi connectivity index (χ4v) is 2.16. The maximum Gasteiger partial charge on any atom is 0.287 e. The standard InChI is InChI=1S/C13H11ClN4O3/c14-12-4-1-8(6-15-12)16-13(19)11-5-10(18(20)21)7-17(11)9-2-3-9/h1,4-7,9H,2-3H2,(H,16,19). The molecule has 1 fully saturated rings. The van der Waals surface area contributed by atoms with Crippen molar-refractivity contribution >= 4 is 28.9 Å². The zero-order valence-electron chi connectivity index (χ0n) is 10.8. The van der Waals surface area contributed by atoms with Gasteiger partial charge in [0.1, 0.15) is 10.8 Å². The van der Waals surface area contributed by atoms with Crippen molar-refractivity contribution in [3.8, 4) is 0 Å². The molecule has 0 aromatic carbocycles. The van der Waals surface area contributed by atoms with Crippen molar-refractivity contribution in [3.63, 3.8) is 0 Å². The molecular formula is C13H11ClN4O3. The van der Waals surface area contributed by atoms with E-state index in [-0.39, 0.29) is 17.4 Å². The molecule has 0 unspecified atom stereocenters. The third-order valence-corrected chi connectivity index (χ3v) is 3.43. The molecule has 2 heterocycles. The average molecular weight is 307 g/mol. The molecule has 1 N–H and O–H groups in total. The highest BCUT2D eigenvalue weighted by atomic mass is 35.5. The Bertz CT molecular complexity index is 707. The molecule has 1 saturated carbocycles. The number of nitro groups is 1. The van der Waals surface area contributed by atoms with Gasteiger partial charge in [0.05, 0.1) is 23.0 Å². The van der Waals surface area contributed by atoms with Gasteiger partial charge in [-0.1, -0.05) is 11.6 Å². The Morgan fingerprint density at radius 1 is 1.48 bits per heavy atom. The summed E-state index contributed by atoms with van der Waals surface area (Å²) in [5, 5.41) is 13.8. The number of pyridine rings is 1. The normalized spacial score (nSPS) is 14.0. The molecule has 7 nitrogen and oxygen atoms in total. The van der Waals surface area contributed by atoms with Crippen LogP contribution in [0.1, 0.15) is 29.4 Å². The molecule has 0 radical (unpaired) electrons. The van der Waals surface area contributed by atoms with Gasteiger partial charge >= 0.3 is 0 Å². The van der Waals surface area contributed by atoms with Gasteiger partial charge in [-0.3, -0.25) is 14.9 Å². The van der Waals surface area contributed by atoms with Crippen LogP contribution in [0.2, 0.25) is 5.15 Å². The molecule has 0 atom stereocenters. The van der Waals surface area contributed by atoms with Crippen LogP contribution in [0, 0.1) is 10.1 Å². The maximum atomic E-state index is 12.3. The van der Waals surface area contributed by atoms with Crippen LogP contribution in [0.25, 0.3) is 0 Å². The molecule has 0 aliphatic heterocycles. The summed E-state index contributed by atoms with van der Waals surface area (Å²) < 4.78 is 1.66. The second-order valence-corrected chi connectivity index (χ2v) is 5.19. The number of hydrogen-bond donors (Lipinski definition) is 1. The van der Waals surface area contributed by atoms with Crippen molar-refractivity contribution in [1.29, 1.82) is 0 Å². The molecule has 3 rings (SSSR count). The average Bonchev–Trinajstić information content (AvgIpc) is 3.19. The fourth-order valence-electron chi connectivity index (χ4n) is 2.05. The van der Waals surface area contributed by atoms with Crippen molar-refractivity contribution in [2.45, 2.75) is 18.9 Å². The summed E-state index contributed by atoms with van der Waals surface area (Å²) in [7, 11) is 0. The lowest BCUT2D eigenvalue weighted by Crippen LogP contribution is -2.16. The van der Waals surface area contributed by atoms with Gasteiger partial charge in [0.25, 0.3) is 11.6 Å². The van der Waals surface area contributed by atoms with Crippen molar-refractivity contribution in [3.05, 3.63) is 51.6 Å². The first-order chi connectivity index (χ1) is 10.0. The first-order valence-electron chi connectivity index (χ1n) is 6.34. The first-order valence-corrected chi connectivity index (χ1v) is 6.71. The smallest absolute Gasteiger partial charge is 0.287 e. The molecule has 0 spiro atoms. The summed E-state index contributed by atoms with van der Waals surface area (Å²) in [6, 6.07) is 4.63. The third-order valence-electron chi connectivity index (χ3n) is 3.20. The molecule has 21 heavy (non-hydrogen) atoms. The van der Waals surface area contributed by atoms with Crippen LogP contribution in [-0.4, -0.2) is 20.4 Å². The number of rotatable bonds is 4. The quantitative estimate of drug-likeness (QED) is 0.534. The van der Waals surface area contributed by atoms with E-state index in [1.807, 2.05) is 0 Å². The molecular weight excluding hydrogens is 296 g/mol. The van der Waals surface area contributed by atoms with Crippen LogP contribution < -0.4 is 5.32 Å². The number of hydrogen-bond acceptors (Lipinski definition) is 4. The highest BCUT2D eigenvalue weighted by molar-refractivity contribution is 6.29. The van der Waals surface area contributed by atoms with Crippen molar-refractivity contribution in [1.82, 2.24) is 9.55 Å². The Morgan fingerprint density at radius 2 is 2.24 bits per heavy atom. The van der Waals surface area contributed by atoms with E-state index >= 15 is 0 Å². The molecule has 2 aromatic rings. The zero-order valence-corrected chi connectivity index (χ0v) is 11.6. The van der Waals surface area contributed by atoms with E-state index < -0.39 is 10.8 Å². The second kappa shape index (κ2) is 5.17. The van der Waals surface area contributed by atoms with Gasteiger partial charge in [-0.15, -0.1) is 0 Å². The molecule has 8 heteroatoms. The minimum absolute atomic E-state index is 0.0821. The number of nitrogens with zero attached hydrogens (tertiary/aromatic N) is 3. The Balaban J connectivity index is 1.86. The Hall–Kier alpha value is -2.41. The van der Waals surface area contributed by atoms with Crippen LogP contribution in [-0.2, 0) is 0 Å². The number of nitrogens with one attached hydrogen (secondary N) is 1. The number of carbonyl (C=O) groups is 1. The lowest BCUT2D eigenvalue weighted by atomic mass is 10.3. The molecule has 1 amide bonds. The summed E-state index contributed by atoms with van der Waals surface area (Å²) in [5.74, 6) is -0.404. The minimum atomic E-state index is -0.500. The van der Waals surface area contributed by atoms with E-state index in [0.717, 1.165) is 12.8 Å². The Labute approximate surface area is 124 Å². The first kappa shape index (κ1) is 13.6. The Kier molecular flexibility index (Phi) is 3.34. The largest absolute Gasteiger partial charge is 0.334 e. The second-order valence-electron chi connectivity index (χ2n) is 4.80. The molecule has 1 aliphatic rings. The van der Waals surface area contributed by atoms with Crippen LogP contribution in [0.3, 0.4) is 0 Å². The van der Waals surface area contributed by atoms with Gasteiger partial charge in [0.2, 0.25) is 0 Å². The predicted octanol–water partition coefficient (Wildman–Crippen LogP) is 3.03. The van der Waals surface area contributed by atoms with E-state index in [0.29, 0.717) is 10.8 Å². The fraction of sp³-hybridized carbons (Fsp3) is 0.231. The topological polar surface area (TPSA) is 90.1 Å². The Morgan fingerprint density at radius 3 is 2.81 bits per heavy atom. The number of amides is 1. The SMILES string of the molecule is O=C(Nc1ccc(Cl)nc1)c1cc([N+](=O)[O-])cn1C1CC1. The number of aromatic nitrogens is 2. The molecule has 1 aliphatic carbocycles. The third kappa shape index (κ3) is 2.87. The summed E-state index contributed by atoms with van der Waals surface area (Å²) in [6.45, 7) is 0. The zero-order chi connectivity index (χ0) is 15.0. The summed E-state index contributed by atoms with van der Waals surface area (Å²) in [5.41, 5.74) is 0.677. The van der Waals surface area contributed by atoms with E-state index in [1.165, 1.54) is 18.5 Å². The van der Waals surface area contributed by atoms with Gasteiger partial charge in [0, 0.05) is 12.1 Å². The minimum Gasteiger partial charge on any atom is -0.334 e. The van der Waals surface area contributed by atoms with Crippen molar-refractivity contribution in [2.24, 2.45) is 0 Å². The predicted molar refractivity (Wildman–Crippen MR) is 76.6 cm³/mol. The van der Waals surface area contributed by atoms with E-state index in [2.05, 4.69) is 10.3 Å². The van der Waals surface area contributed by atoms with Crippen LogP contribution in [0.4, 0.5) is 11.4 Å². The van der Waals surface area contributed by atoms with Gasteiger partial charge in [-0.25, -0.2) is 4.98 Å². The molecule has 108 valence electrons. The molecule has 0 bridgehead atoms. The number of carbonyl (C=O) groups excluding carboxylic acids is 1. The number of halogens is 1. The van der Waals surface area contributed by atoms with Crippen LogP contribution in [0.15, 0.2) is 30.6 Å². The van der Waals surface area contributed by atoms with E-state index in [1.54, 1.807) is 16.7 Å². The monoisotopic (exact) mass is 306 g/mol. The van der Waals surface area contributed by atoms with Gasteiger partial charge in [-0.2, -0.15) is 0 Å². The van der Waals surface area contributed by atoms with Crippen molar-refractivity contribution < 1.29 is 9.72 Å². The lowest BCUT2D eigenvalue weighted by molar-refractivity contribution is -0.384. The lowest BCUT2D eigenvalue weighted by Gasteiger charge is -2.07. The van der Waals surface area contributed by atoms with Crippen LogP contribution in [0.5, 0.6) is 0 Å². The summed E-state index contributed by atoms with van der Waals surface area (Å²) in [6.07, 6.45) is 4.69. The molecule has 0 saturated heterocycles. The summed E-state index contributed by atoms with van der Waals surface area (Å²) in [4.78, 5) is 26.5.